The van der Waals surface area contributed by atoms with Gasteiger partial charge in [0, 0.05) is 90.6 Å². The Balaban J connectivity index is 1.24. The highest BCUT2D eigenvalue weighted by atomic mass is 16.2. The molecule has 2 aliphatic rings. The van der Waals surface area contributed by atoms with Crippen molar-refractivity contribution in [2.75, 3.05) is 57.3 Å². The zero-order valence-electron chi connectivity index (χ0n) is 30.6. The maximum atomic E-state index is 14.6. The largest absolute Gasteiger partial charge is 0.368 e. The molecule has 3 amide bonds. The van der Waals surface area contributed by atoms with Gasteiger partial charge in [-0.1, -0.05) is 104 Å². The highest BCUT2D eigenvalue weighted by Gasteiger charge is 2.34. The average molecular weight is 698 g/mol. The van der Waals surface area contributed by atoms with Crippen LogP contribution in [0.15, 0.2) is 115 Å². The summed E-state index contributed by atoms with van der Waals surface area (Å²) >= 11 is 0. The summed E-state index contributed by atoms with van der Waals surface area (Å²) in [6, 6.07) is 36.3. The van der Waals surface area contributed by atoms with Gasteiger partial charge in [-0.05, 0) is 52.4 Å². The van der Waals surface area contributed by atoms with Crippen LogP contribution in [0.2, 0.25) is 0 Å². The van der Waals surface area contributed by atoms with Crippen LogP contribution < -0.4 is 4.90 Å². The van der Waals surface area contributed by atoms with E-state index in [9.17, 15) is 14.4 Å². The fourth-order valence-corrected chi connectivity index (χ4v) is 7.10. The zero-order valence-corrected chi connectivity index (χ0v) is 30.6. The quantitative estimate of drug-likeness (QED) is 0.172. The second kappa shape index (κ2) is 17.8. The first-order valence-electron chi connectivity index (χ1n) is 18.6. The minimum absolute atomic E-state index is 0.0165. The van der Waals surface area contributed by atoms with E-state index in [0.717, 1.165) is 61.5 Å². The van der Waals surface area contributed by atoms with Crippen LogP contribution in [-0.4, -0.2) is 95.7 Å². The molecular weight excluding hydrogens is 647 g/mol. The number of aryl methyl sites for hydroxylation is 1. The molecule has 8 heteroatoms. The van der Waals surface area contributed by atoms with Crippen molar-refractivity contribution in [2.24, 2.45) is 0 Å². The van der Waals surface area contributed by atoms with Crippen molar-refractivity contribution >= 4 is 29.5 Å². The Hall–Kier alpha value is -5.21. The van der Waals surface area contributed by atoms with Crippen LogP contribution >= 0.6 is 0 Å². The Morgan fingerprint density at radius 3 is 1.83 bits per heavy atom. The number of carbonyl (C=O) groups is 3. The molecule has 1 atom stereocenters. The minimum Gasteiger partial charge on any atom is -0.368 e. The molecule has 0 saturated carbocycles. The summed E-state index contributed by atoms with van der Waals surface area (Å²) in [5.41, 5.74) is 6.51. The topological polar surface area (TPSA) is 67.4 Å². The Bertz CT molecular complexity index is 1780. The first kappa shape index (κ1) is 36.6. The van der Waals surface area contributed by atoms with Gasteiger partial charge in [-0.15, -0.1) is 0 Å². The van der Waals surface area contributed by atoms with E-state index in [-0.39, 0.29) is 17.7 Å². The maximum Gasteiger partial charge on any atom is 0.247 e. The molecule has 0 aromatic heterocycles. The molecule has 0 N–H and O–H groups in total. The molecule has 2 fully saturated rings. The molecule has 0 radical (unpaired) electrons. The van der Waals surface area contributed by atoms with Crippen molar-refractivity contribution < 1.29 is 14.4 Å². The number of rotatable bonds is 12. The molecule has 4 aromatic rings. The lowest BCUT2D eigenvalue weighted by Crippen LogP contribution is -2.56. The molecule has 0 aliphatic carbocycles. The lowest BCUT2D eigenvalue weighted by atomic mass is 10.0. The van der Waals surface area contributed by atoms with Gasteiger partial charge in [-0.2, -0.15) is 0 Å². The second-order valence-corrected chi connectivity index (χ2v) is 13.8. The third-order valence-corrected chi connectivity index (χ3v) is 10.3. The average Bonchev–Trinajstić information content (AvgIpc) is 3.19. The predicted molar refractivity (Wildman–Crippen MR) is 209 cm³/mol. The van der Waals surface area contributed by atoms with Gasteiger partial charge in [0.05, 0.1) is 0 Å². The molecular formula is C44H51N5O3. The Kier molecular flexibility index (Phi) is 12.5. The summed E-state index contributed by atoms with van der Waals surface area (Å²) < 4.78 is 0. The maximum absolute atomic E-state index is 14.6. The van der Waals surface area contributed by atoms with E-state index < -0.39 is 6.04 Å². The number of carbonyl (C=O) groups excluding carboxylic acids is 3. The van der Waals surface area contributed by atoms with E-state index in [1.807, 2.05) is 64.4 Å². The number of anilines is 1. The van der Waals surface area contributed by atoms with Gasteiger partial charge in [0.2, 0.25) is 17.7 Å². The summed E-state index contributed by atoms with van der Waals surface area (Å²) in [6.07, 6.45) is 4.85. The molecule has 52 heavy (non-hydrogen) atoms. The molecule has 8 nitrogen and oxygen atoms in total. The summed E-state index contributed by atoms with van der Waals surface area (Å²) in [5.74, 6) is -0.0985. The number of benzene rings is 4. The highest BCUT2D eigenvalue weighted by Crippen LogP contribution is 2.22. The van der Waals surface area contributed by atoms with Crippen molar-refractivity contribution in [1.82, 2.24) is 19.6 Å². The van der Waals surface area contributed by atoms with Gasteiger partial charge < -0.3 is 19.6 Å². The van der Waals surface area contributed by atoms with Gasteiger partial charge in [-0.3, -0.25) is 19.3 Å². The van der Waals surface area contributed by atoms with Crippen LogP contribution in [-0.2, 0) is 40.3 Å². The fourth-order valence-electron chi connectivity index (χ4n) is 7.10. The van der Waals surface area contributed by atoms with Gasteiger partial charge in [-0.25, -0.2) is 0 Å². The van der Waals surface area contributed by atoms with Crippen molar-refractivity contribution in [2.45, 2.75) is 45.8 Å². The smallest absolute Gasteiger partial charge is 0.247 e. The number of nitrogens with zero attached hydrogens (tertiary/aromatic N) is 5. The monoisotopic (exact) mass is 697 g/mol. The molecule has 4 aromatic carbocycles. The lowest BCUT2D eigenvalue weighted by molar-refractivity contribution is -0.145. The van der Waals surface area contributed by atoms with Gasteiger partial charge >= 0.3 is 0 Å². The normalized spacial score (nSPS) is 15.8. The molecule has 270 valence electrons. The SMILES string of the molecule is CCc1ccc(C=CC(=O)N(Cc2ccc(N3CCN(C(C)=O)CC3)cc2)C(Cc2ccccc2)C(=O)N2CCN(Cc3ccccc3)CC2)cc1. The van der Waals surface area contributed by atoms with E-state index in [4.69, 9.17) is 0 Å². The third-order valence-electron chi connectivity index (χ3n) is 10.3. The minimum atomic E-state index is -0.679. The van der Waals surface area contributed by atoms with Crippen molar-refractivity contribution in [3.8, 4) is 0 Å². The van der Waals surface area contributed by atoms with Crippen LogP contribution in [0.1, 0.15) is 41.7 Å². The highest BCUT2D eigenvalue weighted by molar-refractivity contribution is 5.95. The van der Waals surface area contributed by atoms with Crippen LogP contribution in [0, 0.1) is 0 Å². The molecule has 1 unspecified atom stereocenters. The van der Waals surface area contributed by atoms with Crippen molar-refractivity contribution in [3.05, 3.63) is 143 Å². The van der Waals surface area contributed by atoms with Gasteiger partial charge in [0.15, 0.2) is 0 Å². The van der Waals surface area contributed by atoms with Gasteiger partial charge in [0.1, 0.15) is 6.04 Å². The number of hydrogen-bond acceptors (Lipinski definition) is 5. The molecule has 0 bridgehead atoms. The summed E-state index contributed by atoms with van der Waals surface area (Å²) in [6.45, 7) is 10.7. The first-order valence-corrected chi connectivity index (χ1v) is 18.6. The fraction of sp³-hybridized carbons (Fsp3) is 0.341. The molecule has 6 rings (SSSR count). The zero-order chi connectivity index (χ0) is 36.3. The first-order chi connectivity index (χ1) is 25.4. The van der Waals surface area contributed by atoms with E-state index in [1.165, 1.54) is 11.1 Å². The van der Waals surface area contributed by atoms with E-state index in [0.29, 0.717) is 39.1 Å². The Labute approximate surface area is 308 Å². The predicted octanol–water partition coefficient (Wildman–Crippen LogP) is 5.92. The van der Waals surface area contributed by atoms with E-state index >= 15 is 0 Å². The lowest BCUT2D eigenvalue weighted by Gasteiger charge is -2.39. The second-order valence-electron chi connectivity index (χ2n) is 13.8. The summed E-state index contributed by atoms with van der Waals surface area (Å²) in [7, 11) is 0. The summed E-state index contributed by atoms with van der Waals surface area (Å²) in [4.78, 5) is 51.1. The molecule has 2 aliphatic heterocycles. The standard InChI is InChI=1S/C44H51N5O3/c1-3-36-14-16-37(17-15-36)20-23-43(51)49(34-40-18-21-41(22-19-40)47-30-28-46(29-31-47)35(2)50)42(32-38-10-6-4-7-11-38)44(52)48-26-24-45(25-27-48)33-39-12-8-5-9-13-39/h4-23,42H,3,24-34H2,1-2H3. The van der Waals surface area contributed by atoms with Crippen LogP contribution in [0.3, 0.4) is 0 Å². The van der Waals surface area contributed by atoms with Crippen LogP contribution in [0.25, 0.3) is 6.08 Å². The van der Waals surface area contributed by atoms with Crippen molar-refractivity contribution in [3.63, 3.8) is 0 Å². The van der Waals surface area contributed by atoms with Crippen LogP contribution in [0.5, 0.6) is 0 Å². The number of amides is 3. The number of hydrogen-bond donors (Lipinski definition) is 0. The molecule has 0 spiro atoms. The Morgan fingerprint density at radius 1 is 0.654 bits per heavy atom. The third kappa shape index (κ3) is 9.76. The van der Waals surface area contributed by atoms with Crippen LogP contribution in [0.4, 0.5) is 5.69 Å². The van der Waals surface area contributed by atoms with E-state index in [2.05, 4.69) is 77.4 Å². The van der Waals surface area contributed by atoms with Gasteiger partial charge in [0.25, 0.3) is 0 Å². The Morgan fingerprint density at radius 2 is 1.23 bits per heavy atom. The summed E-state index contributed by atoms with van der Waals surface area (Å²) in [5, 5.41) is 0. The number of piperazine rings is 2. The van der Waals surface area contributed by atoms with Crippen molar-refractivity contribution in [1.29, 1.82) is 0 Å². The molecule has 2 heterocycles. The molecule has 2 saturated heterocycles. The van der Waals surface area contributed by atoms with E-state index in [1.54, 1.807) is 17.9 Å².